The monoisotopic (exact) mass is 285 g/mol. The number of carbonyl (C=O) groups excluding carboxylic acids is 2. The molecule has 108 valence electrons. The van der Waals surface area contributed by atoms with Crippen molar-refractivity contribution in [3.8, 4) is 0 Å². The van der Waals surface area contributed by atoms with Crippen molar-refractivity contribution in [2.75, 3.05) is 19.1 Å². The fourth-order valence-corrected chi connectivity index (χ4v) is 1.95. The molecule has 2 rings (SSSR count). The fraction of sp³-hybridized carbons (Fsp3) is 0.125. The van der Waals surface area contributed by atoms with E-state index in [1.807, 2.05) is 30.3 Å². The molecule has 0 spiro atoms. The fourth-order valence-electron chi connectivity index (χ4n) is 1.95. The topological polar surface area (TPSA) is 55.8 Å². The summed E-state index contributed by atoms with van der Waals surface area (Å²) in [6.07, 6.45) is 6.61. The van der Waals surface area contributed by atoms with Crippen molar-refractivity contribution in [3.05, 3.63) is 66.0 Å². The van der Waals surface area contributed by atoms with Crippen molar-refractivity contribution in [2.45, 2.75) is 0 Å². The summed E-state index contributed by atoms with van der Waals surface area (Å²) in [5.74, 6) is -1.22. The Morgan fingerprint density at radius 1 is 0.952 bits per heavy atom. The molecule has 0 amide bonds. The van der Waals surface area contributed by atoms with E-state index in [4.69, 9.17) is 9.47 Å². The van der Waals surface area contributed by atoms with Crippen LogP contribution in [-0.4, -0.2) is 26.2 Å². The molecule has 0 radical (unpaired) electrons. The predicted molar refractivity (Wildman–Crippen MR) is 78.3 cm³/mol. The maximum atomic E-state index is 12.1. The zero-order valence-corrected chi connectivity index (χ0v) is 11.8. The summed E-state index contributed by atoms with van der Waals surface area (Å²) in [5, 5.41) is 0. The van der Waals surface area contributed by atoms with Gasteiger partial charge in [-0.05, 0) is 24.3 Å². The molecule has 5 nitrogen and oxygen atoms in total. The molecule has 1 aliphatic rings. The second-order valence-corrected chi connectivity index (χ2v) is 4.15. The highest BCUT2D eigenvalue weighted by Gasteiger charge is 2.27. The molecule has 1 heterocycles. The maximum Gasteiger partial charge on any atom is 0.355 e. The van der Waals surface area contributed by atoms with Gasteiger partial charge in [0.2, 0.25) is 0 Å². The van der Waals surface area contributed by atoms with E-state index in [1.165, 1.54) is 20.3 Å². The lowest BCUT2D eigenvalue weighted by Crippen LogP contribution is -2.26. The third-order valence-electron chi connectivity index (χ3n) is 2.92. The summed E-state index contributed by atoms with van der Waals surface area (Å²) in [7, 11) is 2.54. The molecule has 0 saturated carbocycles. The van der Waals surface area contributed by atoms with Crippen molar-refractivity contribution < 1.29 is 19.1 Å². The molecular weight excluding hydrogens is 270 g/mol. The van der Waals surface area contributed by atoms with Crippen LogP contribution in [0.3, 0.4) is 0 Å². The van der Waals surface area contributed by atoms with Gasteiger partial charge in [0.25, 0.3) is 0 Å². The highest BCUT2D eigenvalue weighted by molar-refractivity contribution is 6.05. The van der Waals surface area contributed by atoms with E-state index in [-0.39, 0.29) is 11.3 Å². The Kier molecular flexibility index (Phi) is 4.56. The molecule has 1 aliphatic heterocycles. The largest absolute Gasteiger partial charge is 0.465 e. The van der Waals surface area contributed by atoms with Crippen LogP contribution in [0, 0.1) is 0 Å². The van der Waals surface area contributed by atoms with E-state index in [1.54, 1.807) is 23.3 Å². The number of ether oxygens (including phenoxy) is 2. The lowest BCUT2D eigenvalue weighted by atomic mass is 10.1. The molecule has 0 bridgehead atoms. The van der Waals surface area contributed by atoms with Crippen molar-refractivity contribution in [2.24, 2.45) is 0 Å². The molecule has 0 N–H and O–H groups in total. The zero-order valence-electron chi connectivity index (χ0n) is 11.8. The number of para-hydroxylation sites is 1. The first-order valence-corrected chi connectivity index (χ1v) is 6.29. The number of benzene rings is 1. The minimum atomic E-state index is -0.615. The number of rotatable bonds is 3. The molecule has 0 fully saturated rings. The van der Waals surface area contributed by atoms with E-state index >= 15 is 0 Å². The molecule has 0 atom stereocenters. The zero-order chi connectivity index (χ0) is 15.2. The standard InChI is InChI=1S/C16H15NO4/c1-20-15(18)13-10-6-7-11-17(14(13)16(19)21-2)12-8-4-3-5-9-12/h3-11H,1-2H3. The summed E-state index contributed by atoms with van der Waals surface area (Å²) in [4.78, 5) is 25.7. The number of nitrogens with zero attached hydrogens (tertiary/aromatic N) is 1. The molecule has 1 aromatic rings. The minimum Gasteiger partial charge on any atom is -0.465 e. The Bertz CT molecular complexity index is 629. The number of methoxy groups -OCH3 is 2. The molecule has 0 saturated heterocycles. The molecule has 0 aromatic heterocycles. The van der Waals surface area contributed by atoms with Gasteiger partial charge in [0, 0.05) is 11.9 Å². The van der Waals surface area contributed by atoms with E-state index in [0.717, 1.165) is 5.69 Å². The summed E-state index contributed by atoms with van der Waals surface area (Å²) < 4.78 is 9.55. The van der Waals surface area contributed by atoms with Gasteiger partial charge >= 0.3 is 11.9 Å². The normalized spacial score (nSPS) is 13.9. The average molecular weight is 285 g/mol. The first-order chi connectivity index (χ1) is 10.2. The van der Waals surface area contributed by atoms with Gasteiger partial charge in [-0.15, -0.1) is 0 Å². The van der Waals surface area contributed by atoms with E-state index in [2.05, 4.69) is 0 Å². The summed E-state index contributed by atoms with van der Waals surface area (Å²) in [5.41, 5.74) is 0.984. The smallest absolute Gasteiger partial charge is 0.355 e. The van der Waals surface area contributed by atoms with Crippen LogP contribution in [0.2, 0.25) is 0 Å². The lowest BCUT2D eigenvalue weighted by molar-refractivity contribution is -0.139. The van der Waals surface area contributed by atoms with Gasteiger partial charge in [0.15, 0.2) is 0 Å². The van der Waals surface area contributed by atoms with E-state index in [0.29, 0.717) is 0 Å². The van der Waals surface area contributed by atoms with Crippen LogP contribution in [0.5, 0.6) is 0 Å². The number of hydrogen-bond donors (Lipinski definition) is 0. The summed E-state index contributed by atoms with van der Waals surface area (Å²) in [6, 6.07) is 9.20. The first kappa shape index (κ1) is 14.6. The Morgan fingerprint density at radius 3 is 2.24 bits per heavy atom. The molecular formula is C16H15NO4. The summed E-state index contributed by atoms with van der Waals surface area (Å²) >= 11 is 0. The second-order valence-electron chi connectivity index (χ2n) is 4.15. The van der Waals surface area contributed by atoms with Crippen LogP contribution < -0.4 is 4.90 Å². The Hall–Kier alpha value is -2.82. The van der Waals surface area contributed by atoms with Crippen LogP contribution in [0.1, 0.15) is 0 Å². The van der Waals surface area contributed by atoms with Gasteiger partial charge in [-0.2, -0.15) is 0 Å². The minimum absolute atomic E-state index is 0.112. The molecule has 21 heavy (non-hydrogen) atoms. The number of allylic oxidation sites excluding steroid dienone is 2. The van der Waals surface area contributed by atoms with E-state index < -0.39 is 11.9 Å². The van der Waals surface area contributed by atoms with Gasteiger partial charge in [0.05, 0.1) is 19.8 Å². The van der Waals surface area contributed by atoms with Gasteiger partial charge in [-0.1, -0.05) is 24.3 Å². The molecule has 0 unspecified atom stereocenters. The lowest BCUT2D eigenvalue weighted by Gasteiger charge is -2.22. The Balaban J connectivity index is 2.62. The maximum absolute atomic E-state index is 12.1. The van der Waals surface area contributed by atoms with Gasteiger partial charge in [-0.3, -0.25) is 0 Å². The van der Waals surface area contributed by atoms with Gasteiger partial charge in [0.1, 0.15) is 5.70 Å². The quantitative estimate of drug-likeness (QED) is 0.797. The molecule has 1 aromatic carbocycles. The Morgan fingerprint density at radius 2 is 1.62 bits per heavy atom. The van der Waals surface area contributed by atoms with Gasteiger partial charge < -0.3 is 14.4 Å². The highest BCUT2D eigenvalue weighted by Crippen LogP contribution is 2.25. The van der Waals surface area contributed by atoms with Crippen molar-refractivity contribution in [3.63, 3.8) is 0 Å². The second kappa shape index (κ2) is 6.56. The van der Waals surface area contributed by atoms with Crippen molar-refractivity contribution in [1.82, 2.24) is 0 Å². The average Bonchev–Trinajstić information content (AvgIpc) is 2.77. The third kappa shape index (κ3) is 3.02. The molecule has 0 aliphatic carbocycles. The van der Waals surface area contributed by atoms with Crippen LogP contribution in [-0.2, 0) is 19.1 Å². The number of anilines is 1. The van der Waals surface area contributed by atoms with E-state index in [9.17, 15) is 9.59 Å². The number of hydrogen-bond acceptors (Lipinski definition) is 5. The van der Waals surface area contributed by atoms with Crippen molar-refractivity contribution in [1.29, 1.82) is 0 Å². The highest BCUT2D eigenvalue weighted by atomic mass is 16.5. The van der Waals surface area contributed by atoms with Crippen LogP contribution >= 0.6 is 0 Å². The molecule has 5 heteroatoms. The van der Waals surface area contributed by atoms with Gasteiger partial charge in [-0.25, -0.2) is 9.59 Å². The SMILES string of the molecule is COC(=O)C1=C(C(=O)OC)N(c2ccccc2)C=CC=C1. The van der Waals surface area contributed by atoms with Crippen LogP contribution in [0.15, 0.2) is 66.0 Å². The third-order valence-corrected chi connectivity index (χ3v) is 2.92. The first-order valence-electron chi connectivity index (χ1n) is 6.29. The number of carbonyl (C=O) groups is 2. The number of esters is 2. The van der Waals surface area contributed by atoms with Crippen molar-refractivity contribution >= 4 is 17.6 Å². The Labute approximate surface area is 122 Å². The predicted octanol–water partition coefficient (Wildman–Crippen LogP) is 2.18. The summed E-state index contributed by atoms with van der Waals surface area (Å²) in [6.45, 7) is 0. The van der Waals surface area contributed by atoms with Crippen LogP contribution in [0.25, 0.3) is 0 Å². The van der Waals surface area contributed by atoms with Crippen LogP contribution in [0.4, 0.5) is 5.69 Å².